The number of nitrogens with zero attached hydrogens (tertiary/aromatic N) is 2. The standard InChI is InChI=1S/C17H25BN4OS2/c1-11-2-3-13-14(8-11)25-16(20-13)21-15(24)19-9-17(23)10-22(18)6-4-12(17)5-7-22/h2-3,8,12,23H,4-7,9-10H2,1,18H3,(H2,19,20,21,24). The molecule has 2 aromatic rings. The predicted octanol–water partition coefficient (Wildman–Crippen LogP) is 1.14. The largest absolute Gasteiger partial charge is 0.520 e. The molecule has 2 bridgehead atoms. The Balaban J connectivity index is 1.39. The van der Waals surface area contributed by atoms with E-state index in [4.69, 9.17) is 12.2 Å². The molecule has 1 aromatic carbocycles. The number of aliphatic hydroxyl groups is 1. The second-order valence-electron chi connectivity index (χ2n) is 6.95. The van der Waals surface area contributed by atoms with Gasteiger partial charge in [0.25, 0.3) is 0 Å². The molecule has 1 unspecified atom stereocenters. The van der Waals surface area contributed by atoms with Crippen LogP contribution in [0.5, 0.6) is 0 Å². The topological polar surface area (TPSA) is 57.2 Å². The number of thiazole rings is 1. The van der Waals surface area contributed by atoms with Crippen LogP contribution >= 0.6 is 23.6 Å². The number of thiocarbonyl (C=S) groups is 1. The smallest absolute Gasteiger partial charge is 0.190 e. The van der Waals surface area contributed by atoms with Crippen LogP contribution in [0.25, 0.3) is 10.2 Å². The molecule has 8 heteroatoms. The molecule has 3 N–H and O–H groups in total. The van der Waals surface area contributed by atoms with Gasteiger partial charge in [0.2, 0.25) is 0 Å². The lowest BCUT2D eigenvalue weighted by Gasteiger charge is -2.60. The lowest BCUT2D eigenvalue weighted by Crippen LogP contribution is -2.70. The quantitative estimate of drug-likeness (QED) is 0.554. The monoisotopic (exact) mass is 376 g/mol. The molecule has 1 atom stereocenters. The third-order valence-electron chi connectivity index (χ3n) is 5.16. The minimum atomic E-state index is -0.602. The highest BCUT2D eigenvalue weighted by Crippen LogP contribution is 2.38. The lowest BCUT2D eigenvalue weighted by atomic mass is 9.72. The molecule has 0 spiro atoms. The maximum absolute atomic E-state index is 11.1. The van der Waals surface area contributed by atoms with Crippen molar-refractivity contribution in [3.05, 3.63) is 23.8 Å². The number of aromatic nitrogens is 1. The van der Waals surface area contributed by atoms with Crippen molar-refractivity contribution in [1.82, 2.24) is 10.3 Å². The van der Waals surface area contributed by atoms with E-state index in [1.807, 2.05) is 6.07 Å². The summed E-state index contributed by atoms with van der Waals surface area (Å²) in [6.45, 7) is 6.14. The van der Waals surface area contributed by atoms with Crippen LogP contribution < -0.4 is 10.6 Å². The third-order valence-corrected chi connectivity index (χ3v) is 6.34. The summed E-state index contributed by atoms with van der Waals surface area (Å²) in [6.07, 6.45) is 2.33. The van der Waals surface area contributed by atoms with Crippen molar-refractivity contribution < 1.29 is 9.50 Å². The molecule has 3 fully saturated rings. The fourth-order valence-electron chi connectivity index (χ4n) is 3.80. The molecule has 0 aliphatic carbocycles. The Morgan fingerprint density at radius 1 is 1.48 bits per heavy atom. The number of nitrogens with one attached hydrogen (secondary N) is 2. The minimum Gasteiger partial charge on any atom is -0.520 e. The molecule has 1 aromatic heterocycles. The first-order valence-corrected chi connectivity index (χ1v) is 9.61. The summed E-state index contributed by atoms with van der Waals surface area (Å²) in [6, 6.07) is 6.25. The summed E-state index contributed by atoms with van der Waals surface area (Å²) in [5.74, 6) is 0.423. The normalized spacial score (nSPS) is 31.2. The van der Waals surface area contributed by atoms with E-state index < -0.39 is 5.60 Å². The van der Waals surface area contributed by atoms with E-state index in [0.29, 0.717) is 17.6 Å². The van der Waals surface area contributed by atoms with Crippen LogP contribution in [-0.4, -0.2) is 59.4 Å². The highest BCUT2D eigenvalue weighted by atomic mass is 32.1. The van der Waals surface area contributed by atoms with Crippen LogP contribution in [0.3, 0.4) is 0 Å². The highest BCUT2D eigenvalue weighted by molar-refractivity contribution is 7.80. The van der Waals surface area contributed by atoms with Crippen molar-refractivity contribution in [3.8, 4) is 0 Å². The van der Waals surface area contributed by atoms with E-state index in [-0.39, 0.29) is 7.98 Å². The summed E-state index contributed by atoms with van der Waals surface area (Å²) in [5.41, 5.74) is 1.62. The first-order chi connectivity index (χ1) is 11.9. The van der Waals surface area contributed by atoms with Gasteiger partial charge in [-0.05, 0) is 49.7 Å². The second-order valence-corrected chi connectivity index (χ2v) is 8.39. The number of hydrogen-bond donors (Lipinski definition) is 3. The molecule has 0 radical (unpaired) electrons. The molecule has 3 aliphatic heterocycles. The van der Waals surface area contributed by atoms with Crippen molar-refractivity contribution in [2.45, 2.75) is 25.4 Å². The minimum absolute atomic E-state index is 0.200. The zero-order chi connectivity index (χ0) is 17.7. The molecule has 3 saturated heterocycles. The molecular formula is C17H25BN4OS2. The number of quaternary nitrogens is 1. The van der Waals surface area contributed by atoms with Crippen molar-refractivity contribution in [1.29, 1.82) is 0 Å². The molecule has 5 nitrogen and oxygen atoms in total. The highest BCUT2D eigenvalue weighted by Gasteiger charge is 2.49. The number of rotatable bonds is 3. The van der Waals surface area contributed by atoms with E-state index >= 15 is 0 Å². The zero-order valence-corrected chi connectivity index (χ0v) is 15.3. The fraction of sp³-hybridized carbons (Fsp3) is 0.529. The van der Waals surface area contributed by atoms with Gasteiger partial charge in [-0.1, -0.05) is 17.4 Å². The van der Waals surface area contributed by atoms with E-state index in [0.717, 1.165) is 21.9 Å². The number of aryl methyl sites for hydroxylation is 1. The van der Waals surface area contributed by atoms with Gasteiger partial charge in [0.05, 0.1) is 23.3 Å². The average Bonchev–Trinajstić information content (AvgIpc) is 2.94. The van der Waals surface area contributed by atoms with Crippen molar-refractivity contribution in [2.24, 2.45) is 5.92 Å². The van der Waals surface area contributed by atoms with Crippen LogP contribution in [0, 0.1) is 12.8 Å². The first kappa shape index (κ1) is 17.2. The number of benzene rings is 1. The van der Waals surface area contributed by atoms with Crippen LogP contribution in [0.15, 0.2) is 18.2 Å². The molecule has 4 heterocycles. The Bertz CT molecular complexity index is 818. The maximum Gasteiger partial charge on any atom is 0.190 e. The first-order valence-electron chi connectivity index (χ1n) is 8.39. The zero-order valence-electron chi connectivity index (χ0n) is 13.7. The molecule has 134 valence electrons. The average molecular weight is 376 g/mol. The van der Waals surface area contributed by atoms with E-state index in [2.05, 4.69) is 34.7 Å². The van der Waals surface area contributed by atoms with Crippen LogP contribution in [0.1, 0.15) is 18.4 Å². The number of anilines is 1. The molecule has 25 heavy (non-hydrogen) atoms. The van der Waals surface area contributed by atoms with E-state index in [9.17, 15) is 5.11 Å². The van der Waals surface area contributed by atoms with Gasteiger partial charge < -0.3 is 20.1 Å². The van der Waals surface area contributed by atoms with Crippen molar-refractivity contribution in [2.75, 3.05) is 31.5 Å². The van der Waals surface area contributed by atoms with Gasteiger partial charge in [0.1, 0.15) is 5.60 Å². The van der Waals surface area contributed by atoms with Gasteiger partial charge in [-0.3, -0.25) is 0 Å². The Kier molecular flexibility index (Phi) is 4.26. The van der Waals surface area contributed by atoms with Crippen LogP contribution in [0.2, 0.25) is 0 Å². The fourth-order valence-corrected chi connectivity index (χ4v) is 5.01. The van der Waals surface area contributed by atoms with E-state index in [1.165, 1.54) is 35.9 Å². The number of fused-ring (bicyclic) bond motifs is 4. The summed E-state index contributed by atoms with van der Waals surface area (Å²) in [7, 11) is 0.200. The Labute approximate surface area is 158 Å². The van der Waals surface area contributed by atoms with Crippen LogP contribution in [-0.2, 0) is 0 Å². The summed E-state index contributed by atoms with van der Waals surface area (Å²) < 4.78 is 2.39. The van der Waals surface area contributed by atoms with Gasteiger partial charge >= 0.3 is 0 Å². The summed E-state index contributed by atoms with van der Waals surface area (Å²) in [5, 5.41) is 18.9. The number of piperidine rings is 3. The van der Waals surface area contributed by atoms with Gasteiger partial charge in [-0.15, -0.1) is 0 Å². The van der Waals surface area contributed by atoms with Crippen LogP contribution in [0.4, 0.5) is 5.13 Å². The van der Waals surface area contributed by atoms with Gasteiger partial charge in [-0.2, -0.15) is 0 Å². The Morgan fingerprint density at radius 2 is 2.24 bits per heavy atom. The molecule has 0 saturated carbocycles. The lowest BCUT2D eigenvalue weighted by molar-refractivity contribution is -0.846. The maximum atomic E-state index is 11.1. The van der Waals surface area contributed by atoms with E-state index in [1.54, 1.807) is 11.3 Å². The van der Waals surface area contributed by atoms with Gasteiger partial charge in [0, 0.05) is 19.0 Å². The Hall–Kier alpha value is -1.22. The third kappa shape index (κ3) is 3.40. The summed E-state index contributed by atoms with van der Waals surface area (Å²) in [4.78, 5) is 4.58. The molecule has 3 aliphatic rings. The van der Waals surface area contributed by atoms with Crippen molar-refractivity contribution >= 4 is 52.0 Å². The second kappa shape index (κ2) is 6.19. The molecule has 5 rings (SSSR count). The SMILES string of the molecule is [BH3-][N+]12CCC(CC1)C(O)(CNC(=S)Nc1nc3ccc(C)cc3s1)C2. The predicted molar refractivity (Wildman–Crippen MR) is 111 cm³/mol. The molecular weight excluding hydrogens is 351 g/mol. The van der Waals surface area contributed by atoms with Gasteiger partial charge in [-0.25, -0.2) is 4.98 Å². The Morgan fingerprint density at radius 3 is 2.96 bits per heavy atom. The van der Waals surface area contributed by atoms with Gasteiger partial charge in [0.15, 0.2) is 18.2 Å². The van der Waals surface area contributed by atoms with Crippen molar-refractivity contribution in [3.63, 3.8) is 0 Å². The summed E-state index contributed by atoms with van der Waals surface area (Å²) >= 11 is 7.05. The number of hydrogen-bond acceptors (Lipinski definition) is 4. The molecule has 0 amide bonds.